The minimum Gasteiger partial charge on any atom is -0.479 e. The quantitative estimate of drug-likeness (QED) is 0.666. The molecule has 0 aliphatic rings. The van der Waals surface area contributed by atoms with E-state index in [1.54, 1.807) is 24.3 Å². The second-order valence-electron chi connectivity index (χ2n) is 5.06. The predicted molar refractivity (Wildman–Crippen MR) is 84.5 cm³/mol. The number of rotatable bonds is 10. The van der Waals surface area contributed by atoms with Gasteiger partial charge in [-0.3, -0.25) is 0 Å². The fraction of sp³-hybridized carbons (Fsp3) is 0.529. The maximum absolute atomic E-state index is 11.9. The highest BCUT2D eigenvalue weighted by Gasteiger charge is 2.21. The molecule has 0 saturated heterocycles. The van der Waals surface area contributed by atoms with Crippen LogP contribution in [0.15, 0.2) is 24.3 Å². The zero-order chi connectivity index (χ0) is 17.2. The molecule has 0 aromatic heterocycles. The first-order valence-electron chi connectivity index (χ1n) is 7.74. The Morgan fingerprint density at radius 2 is 1.83 bits per heavy atom. The molecule has 0 heterocycles. The van der Waals surface area contributed by atoms with Gasteiger partial charge >= 0.3 is 11.9 Å². The third-order valence-corrected chi connectivity index (χ3v) is 3.08. The number of carboxylic acid groups (broad SMARTS) is 1. The van der Waals surface area contributed by atoms with Gasteiger partial charge in [0.15, 0.2) is 12.2 Å². The van der Waals surface area contributed by atoms with E-state index in [0.29, 0.717) is 25.4 Å². The van der Waals surface area contributed by atoms with Crippen LogP contribution in [0.1, 0.15) is 32.8 Å². The van der Waals surface area contributed by atoms with Crippen LogP contribution in [0.2, 0.25) is 0 Å². The first-order valence-corrected chi connectivity index (χ1v) is 7.74. The Morgan fingerprint density at radius 3 is 2.35 bits per heavy atom. The van der Waals surface area contributed by atoms with Gasteiger partial charge in [0.05, 0.1) is 6.61 Å². The van der Waals surface area contributed by atoms with Gasteiger partial charge in [0.2, 0.25) is 0 Å². The van der Waals surface area contributed by atoms with Gasteiger partial charge in [-0.05, 0) is 38.0 Å². The van der Waals surface area contributed by atoms with Crippen molar-refractivity contribution in [2.24, 2.45) is 0 Å². The molecule has 0 spiro atoms. The summed E-state index contributed by atoms with van der Waals surface area (Å²) in [5, 5.41) is 8.81. The molecule has 2 atom stereocenters. The molecule has 6 heteroatoms. The fourth-order valence-electron chi connectivity index (χ4n) is 1.88. The Morgan fingerprint density at radius 1 is 1.17 bits per heavy atom. The van der Waals surface area contributed by atoms with Crippen molar-refractivity contribution in [2.75, 3.05) is 13.2 Å². The number of ether oxygens (including phenoxy) is 3. The lowest BCUT2D eigenvalue weighted by molar-refractivity contribution is -0.156. The van der Waals surface area contributed by atoms with Crippen LogP contribution in [0.25, 0.3) is 0 Å². The summed E-state index contributed by atoms with van der Waals surface area (Å²) < 4.78 is 15.8. The molecule has 128 valence electrons. The highest BCUT2D eigenvalue weighted by atomic mass is 16.6. The van der Waals surface area contributed by atoms with E-state index in [2.05, 4.69) is 0 Å². The molecule has 0 aliphatic carbocycles. The summed E-state index contributed by atoms with van der Waals surface area (Å²) in [6.07, 6.45) is -0.402. The lowest BCUT2D eigenvalue weighted by Crippen LogP contribution is -2.29. The van der Waals surface area contributed by atoms with Gasteiger partial charge in [0, 0.05) is 13.0 Å². The molecule has 1 aromatic carbocycles. The smallest absolute Gasteiger partial charge is 0.344 e. The normalized spacial score (nSPS) is 13.2. The van der Waals surface area contributed by atoms with Crippen LogP contribution in [-0.2, 0) is 25.5 Å². The summed E-state index contributed by atoms with van der Waals surface area (Å²) >= 11 is 0. The lowest BCUT2D eigenvalue weighted by Gasteiger charge is -2.16. The molecule has 0 aliphatic heterocycles. The fourth-order valence-corrected chi connectivity index (χ4v) is 1.88. The van der Waals surface area contributed by atoms with E-state index in [4.69, 9.17) is 19.3 Å². The van der Waals surface area contributed by atoms with E-state index in [9.17, 15) is 9.59 Å². The number of benzene rings is 1. The van der Waals surface area contributed by atoms with Crippen molar-refractivity contribution in [1.29, 1.82) is 0 Å². The average Bonchev–Trinajstić information content (AvgIpc) is 2.53. The standard InChI is InChI=1S/C17H24O6/c1-4-10-22-17(20)15(21-5-2)11-13-6-8-14(9-7-13)23-12(3)16(18)19/h6-9,12,15H,4-5,10-11H2,1-3H3,(H,18,19). The summed E-state index contributed by atoms with van der Waals surface area (Å²) in [4.78, 5) is 22.7. The molecular weight excluding hydrogens is 300 g/mol. The van der Waals surface area contributed by atoms with Crippen molar-refractivity contribution in [3.05, 3.63) is 29.8 Å². The monoisotopic (exact) mass is 324 g/mol. The molecule has 0 bridgehead atoms. The van der Waals surface area contributed by atoms with Gasteiger partial charge in [-0.15, -0.1) is 0 Å². The Balaban J connectivity index is 2.66. The topological polar surface area (TPSA) is 82.1 Å². The molecule has 1 aromatic rings. The molecule has 0 fully saturated rings. The van der Waals surface area contributed by atoms with Gasteiger partial charge in [0.25, 0.3) is 0 Å². The number of carbonyl (C=O) groups is 2. The van der Waals surface area contributed by atoms with Gasteiger partial charge in [0.1, 0.15) is 5.75 Å². The van der Waals surface area contributed by atoms with E-state index in [0.717, 1.165) is 12.0 Å². The molecule has 1 rings (SSSR count). The molecule has 2 unspecified atom stereocenters. The molecule has 1 N–H and O–H groups in total. The van der Waals surface area contributed by atoms with E-state index >= 15 is 0 Å². The minimum atomic E-state index is -1.02. The van der Waals surface area contributed by atoms with Crippen LogP contribution in [-0.4, -0.2) is 42.5 Å². The second kappa shape index (κ2) is 9.84. The number of hydrogen-bond donors (Lipinski definition) is 1. The van der Waals surface area contributed by atoms with E-state index in [1.807, 2.05) is 13.8 Å². The van der Waals surface area contributed by atoms with Crippen LogP contribution in [0.5, 0.6) is 5.75 Å². The summed E-state index contributed by atoms with van der Waals surface area (Å²) in [7, 11) is 0. The van der Waals surface area contributed by atoms with Crippen LogP contribution in [0.3, 0.4) is 0 Å². The first kappa shape index (κ1) is 19.0. The second-order valence-corrected chi connectivity index (χ2v) is 5.06. The lowest BCUT2D eigenvalue weighted by atomic mass is 10.1. The number of carboxylic acids is 1. The number of aliphatic carboxylic acids is 1. The van der Waals surface area contributed by atoms with Crippen molar-refractivity contribution in [1.82, 2.24) is 0 Å². The van der Waals surface area contributed by atoms with E-state index in [-0.39, 0.29) is 5.97 Å². The van der Waals surface area contributed by atoms with E-state index < -0.39 is 18.2 Å². The maximum Gasteiger partial charge on any atom is 0.344 e. The number of hydrogen-bond acceptors (Lipinski definition) is 5. The Kier molecular flexibility index (Phi) is 8.11. The van der Waals surface area contributed by atoms with Gasteiger partial charge < -0.3 is 19.3 Å². The summed E-state index contributed by atoms with van der Waals surface area (Å²) in [6, 6.07) is 6.91. The number of carbonyl (C=O) groups excluding carboxylic acids is 1. The van der Waals surface area contributed by atoms with Gasteiger partial charge in [-0.25, -0.2) is 9.59 Å². The van der Waals surface area contributed by atoms with Gasteiger partial charge in [-0.1, -0.05) is 19.1 Å². The van der Waals surface area contributed by atoms with Crippen molar-refractivity contribution in [3.8, 4) is 5.75 Å². The Hall–Kier alpha value is -2.08. The maximum atomic E-state index is 11.9. The summed E-state index contributed by atoms with van der Waals surface area (Å²) in [5.41, 5.74) is 0.882. The average molecular weight is 324 g/mol. The third kappa shape index (κ3) is 6.69. The summed E-state index contributed by atoms with van der Waals surface area (Å²) in [5.74, 6) is -0.928. The molecule has 23 heavy (non-hydrogen) atoms. The number of esters is 1. The van der Waals surface area contributed by atoms with Gasteiger partial charge in [-0.2, -0.15) is 0 Å². The SMILES string of the molecule is CCCOC(=O)C(Cc1ccc(OC(C)C(=O)O)cc1)OCC. The summed E-state index contributed by atoms with van der Waals surface area (Å²) in [6.45, 7) is 6.01. The van der Waals surface area contributed by atoms with Crippen LogP contribution >= 0.6 is 0 Å². The molecule has 0 radical (unpaired) electrons. The van der Waals surface area contributed by atoms with Crippen molar-refractivity contribution in [3.63, 3.8) is 0 Å². The Labute approximate surface area is 136 Å². The first-order chi connectivity index (χ1) is 11.0. The van der Waals surface area contributed by atoms with Crippen molar-refractivity contribution >= 4 is 11.9 Å². The molecular formula is C17H24O6. The molecule has 0 amide bonds. The highest BCUT2D eigenvalue weighted by Crippen LogP contribution is 2.16. The zero-order valence-electron chi connectivity index (χ0n) is 13.8. The Bertz CT molecular complexity index is 496. The van der Waals surface area contributed by atoms with Crippen LogP contribution in [0, 0.1) is 0 Å². The minimum absolute atomic E-state index is 0.367. The third-order valence-electron chi connectivity index (χ3n) is 3.08. The van der Waals surface area contributed by atoms with Crippen LogP contribution < -0.4 is 4.74 Å². The molecule has 6 nitrogen and oxygen atoms in total. The zero-order valence-corrected chi connectivity index (χ0v) is 13.8. The predicted octanol–water partition coefficient (Wildman–Crippen LogP) is 2.44. The highest BCUT2D eigenvalue weighted by molar-refractivity contribution is 5.75. The molecule has 0 saturated carbocycles. The largest absolute Gasteiger partial charge is 0.479 e. The van der Waals surface area contributed by atoms with Crippen molar-refractivity contribution in [2.45, 2.75) is 45.8 Å². The van der Waals surface area contributed by atoms with Crippen LogP contribution in [0.4, 0.5) is 0 Å². The van der Waals surface area contributed by atoms with E-state index in [1.165, 1.54) is 6.92 Å². The van der Waals surface area contributed by atoms with Crippen molar-refractivity contribution < 1.29 is 28.9 Å².